The molecule has 1 aromatic carbocycles. The van der Waals surface area contributed by atoms with E-state index in [1.807, 2.05) is 6.07 Å². The summed E-state index contributed by atoms with van der Waals surface area (Å²) in [5.74, 6) is 0.392. The van der Waals surface area contributed by atoms with Crippen molar-refractivity contribution in [1.82, 2.24) is 0 Å². The molecular weight excluding hydrogens is 238 g/mol. The highest BCUT2D eigenvalue weighted by atomic mass is 32.2. The Balaban J connectivity index is 2.11. The van der Waals surface area contributed by atoms with Gasteiger partial charge in [0.25, 0.3) is 0 Å². The molecule has 3 N–H and O–H groups in total. The molecule has 1 fully saturated rings. The minimum absolute atomic E-state index is 0.0627. The molecule has 0 spiro atoms. The van der Waals surface area contributed by atoms with Gasteiger partial charge in [-0.3, -0.25) is 0 Å². The van der Waals surface area contributed by atoms with Crippen LogP contribution in [0, 0.1) is 11.3 Å². The molecule has 1 unspecified atom stereocenters. The number of rotatable bonds is 2. The van der Waals surface area contributed by atoms with Gasteiger partial charge in [0.15, 0.2) is 9.84 Å². The smallest absolute Gasteiger partial charge is 0.152 e. The molecule has 1 aromatic rings. The monoisotopic (exact) mass is 251 g/mol. The van der Waals surface area contributed by atoms with Gasteiger partial charge in [-0.05, 0) is 24.6 Å². The van der Waals surface area contributed by atoms with Crippen LogP contribution in [0.1, 0.15) is 12.0 Å². The topological polar surface area (TPSA) is 96.0 Å². The van der Waals surface area contributed by atoms with Crippen LogP contribution >= 0.6 is 0 Å². The van der Waals surface area contributed by atoms with Gasteiger partial charge in [0, 0.05) is 11.7 Å². The molecule has 6 heteroatoms. The van der Waals surface area contributed by atoms with Crippen molar-refractivity contribution in [2.45, 2.75) is 12.5 Å². The second kappa shape index (κ2) is 4.26. The molecule has 17 heavy (non-hydrogen) atoms. The fraction of sp³-hybridized carbons (Fsp3) is 0.364. The lowest BCUT2D eigenvalue weighted by Gasteiger charge is -2.13. The van der Waals surface area contributed by atoms with Crippen LogP contribution in [0.2, 0.25) is 0 Å². The number of sulfone groups is 1. The Hall–Kier alpha value is -1.74. The van der Waals surface area contributed by atoms with E-state index in [4.69, 9.17) is 11.0 Å². The number of nitrogen functional groups attached to an aromatic ring is 1. The van der Waals surface area contributed by atoms with Crippen molar-refractivity contribution >= 4 is 21.2 Å². The molecule has 1 saturated heterocycles. The Morgan fingerprint density at radius 2 is 2.24 bits per heavy atom. The zero-order valence-corrected chi connectivity index (χ0v) is 10.00. The van der Waals surface area contributed by atoms with Gasteiger partial charge in [0.1, 0.15) is 6.07 Å². The number of benzene rings is 1. The first-order valence-electron chi connectivity index (χ1n) is 5.27. The van der Waals surface area contributed by atoms with Gasteiger partial charge in [-0.2, -0.15) is 5.26 Å². The maximum absolute atomic E-state index is 11.3. The van der Waals surface area contributed by atoms with E-state index in [0.29, 0.717) is 17.7 Å². The Labute approximate surface area is 100 Å². The quantitative estimate of drug-likeness (QED) is 0.756. The van der Waals surface area contributed by atoms with Crippen molar-refractivity contribution in [3.8, 4) is 6.07 Å². The van der Waals surface area contributed by atoms with Crippen molar-refractivity contribution in [2.75, 3.05) is 22.6 Å². The zero-order valence-electron chi connectivity index (χ0n) is 9.18. The summed E-state index contributed by atoms with van der Waals surface area (Å²) in [6.45, 7) is 0. The van der Waals surface area contributed by atoms with Crippen molar-refractivity contribution in [3.05, 3.63) is 23.8 Å². The van der Waals surface area contributed by atoms with Crippen molar-refractivity contribution in [1.29, 1.82) is 5.26 Å². The zero-order chi connectivity index (χ0) is 12.5. The number of hydrogen-bond acceptors (Lipinski definition) is 5. The maximum atomic E-state index is 11.3. The van der Waals surface area contributed by atoms with Crippen LogP contribution in [0.15, 0.2) is 18.2 Å². The molecule has 5 nitrogen and oxygen atoms in total. The molecule has 0 bridgehead atoms. The second-order valence-corrected chi connectivity index (χ2v) is 6.39. The molecule has 1 aliphatic heterocycles. The van der Waals surface area contributed by atoms with Crippen LogP contribution in [0.25, 0.3) is 0 Å². The van der Waals surface area contributed by atoms with Gasteiger partial charge >= 0.3 is 0 Å². The third kappa shape index (κ3) is 2.68. The second-order valence-electron chi connectivity index (χ2n) is 4.16. The minimum atomic E-state index is -2.88. The highest BCUT2D eigenvalue weighted by Crippen LogP contribution is 2.21. The highest BCUT2D eigenvalue weighted by Gasteiger charge is 2.27. The molecule has 1 aliphatic rings. The molecular formula is C11H13N3O2S. The number of nitrogens with one attached hydrogen (secondary N) is 1. The number of nitrogens with two attached hydrogens (primary N) is 1. The number of anilines is 2. The highest BCUT2D eigenvalue weighted by molar-refractivity contribution is 7.91. The lowest BCUT2D eigenvalue weighted by Crippen LogP contribution is -2.20. The van der Waals surface area contributed by atoms with Crippen molar-refractivity contribution in [3.63, 3.8) is 0 Å². The summed E-state index contributed by atoms with van der Waals surface area (Å²) in [7, 11) is -2.88. The van der Waals surface area contributed by atoms with Gasteiger partial charge in [-0.1, -0.05) is 0 Å². The largest absolute Gasteiger partial charge is 0.398 e. The number of nitrogens with zero attached hydrogens (tertiary/aromatic N) is 1. The van der Waals surface area contributed by atoms with E-state index in [0.717, 1.165) is 5.69 Å². The number of nitriles is 1. The lowest BCUT2D eigenvalue weighted by molar-refractivity contribution is 0.602. The van der Waals surface area contributed by atoms with E-state index in [2.05, 4.69) is 5.32 Å². The summed E-state index contributed by atoms with van der Waals surface area (Å²) in [6.07, 6.45) is 0.613. The first-order chi connectivity index (χ1) is 8.00. The SMILES string of the molecule is N#Cc1ccc(NC2CCS(=O)(=O)C2)cc1N. The predicted molar refractivity (Wildman–Crippen MR) is 66.3 cm³/mol. The van der Waals surface area contributed by atoms with E-state index in [9.17, 15) is 8.42 Å². The summed E-state index contributed by atoms with van der Waals surface area (Å²) >= 11 is 0. The minimum Gasteiger partial charge on any atom is -0.398 e. The molecule has 0 radical (unpaired) electrons. The third-order valence-electron chi connectivity index (χ3n) is 2.78. The molecule has 0 aliphatic carbocycles. The Kier molecular flexibility index (Phi) is 2.94. The van der Waals surface area contributed by atoms with Gasteiger partial charge < -0.3 is 11.1 Å². The molecule has 2 rings (SSSR count). The summed E-state index contributed by atoms with van der Waals surface area (Å²) in [6, 6.07) is 6.94. The average Bonchev–Trinajstić information content (AvgIpc) is 2.58. The van der Waals surface area contributed by atoms with Crippen LogP contribution in [0.3, 0.4) is 0 Å². The standard InChI is InChI=1S/C11H13N3O2S/c12-6-8-1-2-9(5-11(8)13)14-10-3-4-17(15,16)7-10/h1-2,5,10,14H,3-4,7,13H2. The van der Waals surface area contributed by atoms with E-state index in [-0.39, 0.29) is 17.5 Å². The third-order valence-corrected chi connectivity index (χ3v) is 4.54. The molecule has 0 aromatic heterocycles. The Morgan fingerprint density at radius 3 is 2.76 bits per heavy atom. The Morgan fingerprint density at radius 1 is 1.47 bits per heavy atom. The van der Waals surface area contributed by atoms with E-state index >= 15 is 0 Å². The average molecular weight is 251 g/mol. The number of hydrogen-bond donors (Lipinski definition) is 2. The molecule has 1 heterocycles. The van der Waals surface area contributed by atoms with E-state index in [1.165, 1.54) is 0 Å². The van der Waals surface area contributed by atoms with Crippen molar-refractivity contribution in [2.24, 2.45) is 0 Å². The van der Waals surface area contributed by atoms with Crippen LogP contribution in [0.4, 0.5) is 11.4 Å². The van der Waals surface area contributed by atoms with E-state index in [1.54, 1.807) is 18.2 Å². The van der Waals surface area contributed by atoms with Gasteiger partial charge in [0.2, 0.25) is 0 Å². The van der Waals surface area contributed by atoms with Gasteiger partial charge in [0.05, 0.1) is 22.8 Å². The van der Waals surface area contributed by atoms with Gasteiger partial charge in [-0.25, -0.2) is 8.42 Å². The molecule has 0 saturated carbocycles. The first-order valence-corrected chi connectivity index (χ1v) is 7.09. The van der Waals surface area contributed by atoms with Gasteiger partial charge in [-0.15, -0.1) is 0 Å². The van der Waals surface area contributed by atoms with Crippen molar-refractivity contribution < 1.29 is 8.42 Å². The molecule has 90 valence electrons. The summed E-state index contributed by atoms with van der Waals surface area (Å²) in [4.78, 5) is 0. The van der Waals surface area contributed by atoms with Crippen LogP contribution < -0.4 is 11.1 Å². The fourth-order valence-corrected chi connectivity index (χ4v) is 3.57. The molecule has 1 atom stereocenters. The van der Waals surface area contributed by atoms with Crippen LogP contribution in [-0.2, 0) is 9.84 Å². The summed E-state index contributed by atoms with van der Waals surface area (Å²) < 4.78 is 22.6. The predicted octanol–water partition coefficient (Wildman–Crippen LogP) is 0.739. The lowest BCUT2D eigenvalue weighted by atomic mass is 10.1. The van der Waals surface area contributed by atoms with Crippen LogP contribution in [-0.4, -0.2) is 26.0 Å². The van der Waals surface area contributed by atoms with Crippen LogP contribution in [0.5, 0.6) is 0 Å². The van der Waals surface area contributed by atoms with E-state index < -0.39 is 9.84 Å². The fourth-order valence-electron chi connectivity index (χ4n) is 1.90. The maximum Gasteiger partial charge on any atom is 0.152 e. The molecule has 0 amide bonds. The first kappa shape index (κ1) is 11.7. The summed E-state index contributed by atoms with van der Waals surface area (Å²) in [5.41, 5.74) is 7.26. The Bertz CT molecular complexity index is 575. The normalized spacial score (nSPS) is 21.9. The summed E-state index contributed by atoms with van der Waals surface area (Å²) in [5, 5.41) is 11.9.